The SMILES string of the molecule is O=Cc1cc(-c2ccc3occc3c2)n(S(=O)(=O)c2cccnc2)c1. The van der Waals surface area contributed by atoms with Crippen molar-refractivity contribution in [3.8, 4) is 11.3 Å². The maximum atomic E-state index is 13.0. The Labute approximate surface area is 143 Å². The smallest absolute Gasteiger partial charge is 0.269 e. The van der Waals surface area contributed by atoms with Crippen LogP contribution in [0.5, 0.6) is 0 Å². The van der Waals surface area contributed by atoms with Gasteiger partial charge in [0.05, 0.1) is 12.0 Å². The second-order valence-electron chi connectivity index (χ2n) is 5.44. The summed E-state index contributed by atoms with van der Waals surface area (Å²) in [4.78, 5) is 15.1. The third kappa shape index (κ3) is 2.54. The molecule has 6 nitrogen and oxygen atoms in total. The van der Waals surface area contributed by atoms with Gasteiger partial charge in [-0.25, -0.2) is 12.4 Å². The first-order valence-corrected chi connectivity index (χ1v) is 8.84. The Morgan fingerprint density at radius 3 is 2.76 bits per heavy atom. The molecule has 25 heavy (non-hydrogen) atoms. The van der Waals surface area contributed by atoms with Crippen molar-refractivity contribution in [2.45, 2.75) is 4.90 Å². The zero-order valence-electron chi connectivity index (χ0n) is 12.9. The molecular weight excluding hydrogens is 340 g/mol. The van der Waals surface area contributed by atoms with E-state index in [4.69, 9.17) is 4.42 Å². The molecule has 0 aliphatic heterocycles. The van der Waals surface area contributed by atoms with Gasteiger partial charge in [0.25, 0.3) is 10.0 Å². The van der Waals surface area contributed by atoms with Crippen LogP contribution >= 0.6 is 0 Å². The molecular formula is C18H12N2O4S. The fourth-order valence-electron chi connectivity index (χ4n) is 2.68. The topological polar surface area (TPSA) is 82.2 Å². The molecule has 0 aliphatic carbocycles. The lowest BCUT2D eigenvalue weighted by Crippen LogP contribution is -2.13. The van der Waals surface area contributed by atoms with Crippen molar-refractivity contribution in [2.24, 2.45) is 0 Å². The monoisotopic (exact) mass is 352 g/mol. The van der Waals surface area contributed by atoms with Gasteiger partial charge in [0, 0.05) is 35.1 Å². The van der Waals surface area contributed by atoms with E-state index < -0.39 is 10.0 Å². The number of aromatic nitrogens is 2. The van der Waals surface area contributed by atoms with Gasteiger partial charge in [-0.05, 0) is 42.5 Å². The van der Waals surface area contributed by atoms with Crippen LogP contribution in [0.2, 0.25) is 0 Å². The highest BCUT2D eigenvalue weighted by Crippen LogP contribution is 2.29. The van der Waals surface area contributed by atoms with Crippen LogP contribution < -0.4 is 0 Å². The second kappa shape index (κ2) is 5.71. The first-order valence-electron chi connectivity index (χ1n) is 7.40. The number of carbonyl (C=O) groups excluding carboxylic acids is 1. The maximum Gasteiger partial charge on any atom is 0.269 e. The maximum absolute atomic E-state index is 13.0. The highest BCUT2D eigenvalue weighted by Gasteiger charge is 2.22. The molecule has 0 fully saturated rings. The van der Waals surface area contributed by atoms with Crippen molar-refractivity contribution in [3.05, 3.63) is 72.9 Å². The lowest BCUT2D eigenvalue weighted by molar-refractivity contribution is 0.112. The molecule has 0 unspecified atom stereocenters. The lowest BCUT2D eigenvalue weighted by Gasteiger charge is -2.10. The van der Waals surface area contributed by atoms with E-state index in [0.717, 1.165) is 9.36 Å². The van der Waals surface area contributed by atoms with Crippen LogP contribution in [0.3, 0.4) is 0 Å². The molecule has 1 aromatic carbocycles. The van der Waals surface area contributed by atoms with Crippen LogP contribution in [0.15, 0.2) is 76.6 Å². The Balaban J connectivity index is 1.94. The summed E-state index contributed by atoms with van der Waals surface area (Å²) >= 11 is 0. The van der Waals surface area contributed by atoms with Gasteiger partial charge in [0.2, 0.25) is 0 Å². The van der Waals surface area contributed by atoms with Gasteiger partial charge in [0.15, 0.2) is 6.29 Å². The highest BCUT2D eigenvalue weighted by atomic mass is 32.2. The molecule has 0 saturated heterocycles. The molecule has 0 bridgehead atoms. The van der Waals surface area contributed by atoms with Gasteiger partial charge in [-0.2, -0.15) is 0 Å². The Hall–Kier alpha value is -3.19. The first-order chi connectivity index (χ1) is 12.1. The van der Waals surface area contributed by atoms with E-state index in [2.05, 4.69) is 4.98 Å². The van der Waals surface area contributed by atoms with E-state index in [-0.39, 0.29) is 10.5 Å². The molecule has 124 valence electrons. The minimum atomic E-state index is -3.88. The fourth-order valence-corrected chi connectivity index (χ4v) is 4.03. The zero-order valence-corrected chi connectivity index (χ0v) is 13.7. The number of nitrogens with zero attached hydrogens (tertiary/aromatic N) is 2. The van der Waals surface area contributed by atoms with Crippen molar-refractivity contribution >= 4 is 27.3 Å². The molecule has 0 N–H and O–H groups in total. The molecule has 0 aliphatic rings. The molecule has 4 aromatic rings. The summed E-state index contributed by atoms with van der Waals surface area (Å²) in [5, 5.41) is 0.844. The van der Waals surface area contributed by atoms with Crippen molar-refractivity contribution < 1.29 is 17.6 Å². The van der Waals surface area contributed by atoms with Crippen LogP contribution in [-0.2, 0) is 10.0 Å². The molecule has 3 heterocycles. The molecule has 0 radical (unpaired) electrons. The second-order valence-corrected chi connectivity index (χ2v) is 7.25. The number of carbonyl (C=O) groups is 1. The van der Waals surface area contributed by atoms with Crippen molar-refractivity contribution in [1.82, 2.24) is 8.96 Å². The lowest BCUT2D eigenvalue weighted by atomic mass is 10.1. The number of hydrogen-bond acceptors (Lipinski definition) is 5. The third-order valence-corrected chi connectivity index (χ3v) is 5.54. The standard InChI is InChI=1S/C18H12N2O4S/c21-12-13-8-17(14-3-4-18-15(9-14)5-7-24-18)20(11-13)25(22,23)16-2-1-6-19-10-16/h1-12H. The van der Waals surface area contributed by atoms with E-state index in [0.29, 0.717) is 23.1 Å². The average Bonchev–Trinajstić information content (AvgIpc) is 3.28. The summed E-state index contributed by atoms with van der Waals surface area (Å²) in [6.45, 7) is 0. The summed E-state index contributed by atoms with van der Waals surface area (Å²) < 4.78 is 32.3. The number of fused-ring (bicyclic) bond motifs is 1. The van der Waals surface area contributed by atoms with Crippen LogP contribution in [0.1, 0.15) is 10.4 Å². The van der Waals surface area contributed by atoms with Gasteiger partial charge in [-0.1, -0.05) is 0 Å². The quantitative estimate of drug-likeness (QED) is 0.526. The number of furan rings is 1. The number of aldehydes is 1. The first kappa shape index (κ1) is 15.3. The van der Waals surface area contributed by atoms with Crippen molar-refractivity contribution in [3.63, 3.8) is 0 Å². The predicted octanol–water partition coefficient (Wildman–Crippen LogP) is 3.35. The summed E-state index contributed by atoms with van der Waals surface area (Å²) in [5.74, 6) is 0. The van der Waals surface area contributed by atoms with Gasteiger partial charge < -0.3 is 4.42 Å². The van der Waals surface area contributed by atoms with Gasteiger partial charge in [-0.3, -0.25) is 9.78 Å². The van der Waals surface area contributed by atoms with E-state index >= 15 is 0 Å². The van der Waals surface area contributed by atoms with Crippen molar-refractivity contribution in [2.75, 3.05) is 0 Å². The summed E-state index contributed by atoms with van der Waals surface area (Å²) in [6.07, 6.45) is 6.27. The number of pyridine rings is 1. The van der Waals surface area contributed by atoms with Crippen LogP contribution in [0.25, 0.3) is 22.2 Å². The van der Waals surface area contributed by atoms with E-state index in [1.54, 1.807) is 36.6 Å². The molecule has 0 amide bonds. The Morgan fingerprint density at radius 1 is 1.12 bits per heavy atom. The highest BCUT2D eigenvalue weighted by molar-refractivity contribution is 7.90. The van der Waals surface area contributed by atoms with Crippen LogP contribution in [-0.4, -0.2) is 23.7 Å². The minimum absolute atomic E-state index is 0.0497. The summed E-state index contributed by atoms with van der Waals surface area (Å²) in [7, 11) is -3.88. The predicted molar refractivity (Wildman–Crippen MR) is 91.8 cm³/mol. The average molecular weight is 352 g/mol. The van der Waals surface area contributed by atoms with Crippen LogP contribution in [0, 0.1) is 0 Å². The summed E-state index contributed by atoms with van der Waals surface area (Å²) in [5.41, 5.74) is 2.03. The zero-order chi connectivity index (χ0) is 17.4. The molecule has 3 aromatic heterocycles. The van der Waals surface area contributed by atoms with Crippen LogP contribution in [0.4, 0.5) is 0 Å². The van der Waals surface area contributed by atoms with E-state index in [9.17, 15) is 13.2 Å². The minimum Gasteiger partial charge on any atom is -0.464 e. The molecule has 4 rings (SSSR count). The Bertz CT molecular complexity index is 1170. The normalized spacial score (nSPS) is 11.7. The Kier molecular flexibility index (Phi) is 3.51. The van der Waals surface area contributed by atoms with Gasteiger partial charge >= 0.3 is 0 Å². The molecule has 0 atom stereocenters. The van der Waals surface area contributed by atoms with Gasteiger partial charge in [-0.15, -0.1) is 0 Å². The van der Waals surface area contributed by atoms with E-state index in [1.807, 2.05) is 6.07 Å². The third-order valence-electron chi connectivity index (χ3n) is 3.88. The molecule has 0 spiro atoms. The molecule has 7 heteroatoms. The number of hydrogen-bond donors (Lipinski definition) is 0. The Morgan fingerprint density at radius 2 is 2.00 bits per heavy atom. The largest absolute Gasteiger partial charge is 0.464 e. The molecule has 0 saturated carbocycles. The van der Waals surface area contributed by atoms with Crippen molar-refractivity contribution in [1.29, 1.82) is 0 Å². The van der Waals surface area contributed by atoms with Gasteiger partial charge in [0.1, 0.15) is 10.5 Å². The number of benzene rings is 1. The fraction of sp³-hybridized carbons (Fsp3) is 0. The summed E-state index contributed by atoms with van der Waals surface area (Å²) in [6, 6.07) is 11.7. The van der Waals surface area contributed by atoms with E-state index in [1.165, 1.54) is 24.7 Å². The number of rotatable bonds is 4.